The second-order valence-electron chi connectivity index (χ2n) is 8.19. The molecule has 25 heavy (non-hydrogen) atoms. The van der Waals surface area contributed by atoms with Crippen LogP contribution in [0.5, 0.6) is 0 Å². The largest absolute Gasteiger partial charge is 0.463 e. The van der Waals surface area contributed by atoms with Crippen LogP contribution in [0.15, 0.2) is 0 Å². The van der Waals surface area contributed by atoms with Crippen molar-refractivity contribution in [3.05, 3.63) is 0 Å². The van der Waals surface area contributed by atoms with Gasteiger partial charge in [-0.3, -0.25) is 14.5 Å². The monoisotopic (exact) mass is 354 g/mol. The molecular weight excluding hydrogens is 320 g/mol. The smallest absolute Gasteiger partial charge is 0.316 e. The highest BCUT2D eigenvalue weighted by Crippen LogP contribution is 2.30. The zero-order valence-electron chi connectivity index (χ0n) is 16.5. The molecule has 0 saturated carbocycles. The van der Waals surface area contributed by atoms with E-state index in [1.54, 1.807) is 14.0 Å². The van der Waals surface area contributed by atoms with Crippen LogP contribution in [0, 0.1) is 5.92 Å². The van der Waals surface area contributed by atoms with Crippen molar-refractivity contribution >= 4 is 11.8 Å². The van der Waals surface area contributed by atoms with Gasteiger partial charge in [0.15, 0.2) is 0 Å². The van der Waals surface area contributed by atoms with Gasteiger partial charge >= 0.3 is 5.97 Å². The average Bonchev–Trinajstić information content (AvgIpc) is 2.98. The third kappa shape index (κ3) is 4.80. The van der Waals surface area contributed by atoms with Crippen molar-refractivity contribution in [1.82, 2.24) is 9.80 Å². The van der Waals surface area contributed by atoms with Crippen molar-refractivity contribution in [3.8, 4) is 0 Å². The number of likely N-dealkylation sites (N-methyl/N-ethyl adjacent to an activating group) is 2. The molecule has 0 aliphatic carbocycles. The van der Waals surface area contributed by atoms with E-state index in [9.17, 15) is 9.59 Å². The van der Waals surface area contributed by atoms with E-state index >= 15 is 0 Å². The minimum atomic E-state index is -0.705. The Labute approximate surface area is 151 Å². The van der Waals surface area contributed by atoms with E-state index in [1.165, 1.54) is 0 Å². The molecule has 2 rings (SSSR count). The number of cyclic esters (lactones) is 1. The molecule has 6 heteroatoms. The van der Waals surface area contributed by atoms with Gasteiger partial charge in [-0.1, -0.05) is 0 Å². The molecule has 0 aromatic rings. The Bertz CT molecular complexity index is 498. The van der Waals surface area contributed by atoms with Crippen molar-refractivity contribution in [1.29, 1.82) is 0 Å². The second-order valence-corrected chi connectivity index (χ2v) is 8.19. The number of nitrogens with zero attached hydrogens (tertiary/aromatic N) is 2. The van der Waals surface area contributed by atoms with Gasteiger partial charge in [0, 0.05) is 20.1 Å². The lowest BCUT2D eigenvalue weighted by Crippen LogP contribution is -2.53. The number of hydrogen-bond donors (Lipinski definition) is 0. The Balaban J connectivity index is 2.20. The molecule has 2 fully saturated rings. The summed E-state index contributed by atoms with van der Waals surface area (Å²) < 4.78 is 11.3. The molecule has 2 unspecified atom stereocenters. The number of methoxy groups -OCH3 is 1. The maximum Gasteiger partial charge on any atom is 0.316 e. The van der Waals surface area contributed by atoms with Crippen LogP contribution < -0.4 is 0 Å². The van der Waals surface area contributed by atoms with Crippen LogP contribution in [-0.2, 0) is 19.1 Å². The second kappa shape index (κ2) is 8.14. The average molecular weight is 354 g/mol. The molecule has 0 radical (unpaired) electrons. The first-order valence-electron chi connectivity index (χ1n) is 9.36. The summed E-state index contributed by atoms with van der Waals surface area (Å²) in [7, 11) is 5.92. The lowest BCUT2D eigenvalue weighted by molar-refractivity contribution is -0.155. The quantitative estimate of drug-likeness (QED) is 0.528. The van der Waals surface area contributed by atoms with Crippen molar-refractivity contribution in [2.24, 2.45) is 5.92 Å². The first kappa shape index (κ1) is 20.3. The number of carbonyl (C=O) groups excluding carboxylic acids is 2. The number of Topliss-reactive ketones (excluding diaryl/α,β-unsaturated/α-hetero) is 1. The summed E-state index contributed by atoms with van der Waals surface area (Å²) in [6, 6.07) is 0. The predicted molar refractivity (Wildman–Crippen MR) is 96.5 cm³/mol. The Morgan fingerprint density at radius 1 is 1.16 bits per heavy atom. The maximum atomic E-state index is 12.4. The van der Waals surface area contributed by atoms with Gasteiger partial charge < -0.3 is 14.4 Å². The molecule has 2 heterocycles. The van der Waals surface area contributed by atoms with Gasteiger partial charge in [0.05, 0.1) is 11.1 Å². The highest BCUT2D eigenvalue weighted by molar-refractivity contribution is 5.98. The van der Waals surface area contributed by atoms with Gasteiger partial charge in [0.25, 0.3) is 0 Å². The molecule has 0 aromatic heterocycles. The summed E-state index contributed by atoms with van der Waals surface area (Å²) in [5, 5.41) is 0. The van der Waals surface area contributed by atoms with E-state index in [0.29, 0.717) is 19.4 Å². The Morgan fingerprint density at radius 3 is 2.48 bits per heavy atom. The Hall–Kier alpha value is -0.980. The minimum Gasteiger partial charge on any atom is -0.463 e. The number of ether oxygens (including phenoxy) is 2. The van der Waals surface area contributed by atoms with E-state index < -0.39 is 11.9 Å². The van der Waals surface area contributed by atoms with E-state index in [-0.39, 0.29) is 16.9 Å². The Kier molecular flexibility index (Phi) is 6.62. The number of carbonyl (C=O) groups is 2. The zero-order chi connectivity index (χ0) is 18.7. The molecular formula is C19H34N2O4. The lowest BCUT2D eigenvalue weighted by Gasteiger charge is -2.39. The van der Waals surface area contributed by atoms with E-state index in [4.69, 9.17) is 9.47 Å². The van der Waals surface area contributed by atoms with Crippen molar-refractivity contribution < 1.29 is 19.1 Å². The van der Waals surface area contributed by atoms with E-state index in [1.807, 2.05) is 0 Å². The highest BCUT2D eigenvalue weighted by atomic mass is 16.5. The predicted octanol–water partition coefficient (Wildman–Crippen LogP) is 1.72. The number of rotatable bonds is 1. The highest BCUT2D eigenvalue weighted by Gasteiger charge is 2.42. The van der Waals surface area contributed by atoms with Crippen LogP contribution in [0.2, 0.25) is 0 Å². The number of likely N-dealkylation sites (tertiary alicyclic amines) is 1. The first-order valence-corrected chi connectivity index (χ1v) is 9.36. The first-order chi connectivity index (χ1) is 11.7. The topological polar surface area (TPSA) is 59.1 Å². The Morgan fingerprint density at radius 2 is 1.88 bits per heavy atom. The molecule has 144 valence electrons. The van der Waals surface area contributed by atoms with Crippen LogP contribution >= 0.6 is 0 Å². The number of hydrogen-bond acceptors (Lipinski definition) is 6. The van der Waals surface area contributed by atoms with E-state index in [2.05, 4.69) is 30.8 Å². The van der Waals surface area contributed by atoms with Crippen LogP contribution in [0.25, 0.3) is 0 Å². The summed E-state index contributed by atoms with van der Waals surface area (Å²) in [5.41, 5.74) is -0.488. The van der Waals surface area contributed by atoms with Gasteiger partial charge in [0.1, 0.15) is 18.3 Å². The van der Waals surface area contributed by atoms with Gasteiger partial charge in [-0.25, -0.2) is 0 Å². The van der Waals surface area contributed by atoms with Crippen LogP contribution in [0.3, 0.4) is 0 Å². The summed E-state index contributed by atoms with van der Waals surface area (Å²) in [5.74, 6) is -1.16. The fourth-order valence-corrected chi connectivity index (χ4v) is 3.92. The summed E-state index contributed by atoms with van der Waals surface area (Å²) in [6.45, 7) is 6.86. The molecule has 0 bridgehead atoms. The fourth-order valence-electron chi connectivity index (χ4n) is 3.92. The number of esters is 1. The molecule has 2 aliphatic rings. The van der Waals surface area contributed by atoms with Crippen molar-refractivity contribution in [2.45, 2.75) is 57.1 Å². The molecule has 0 N–H and O–H groups in total. The lowest BCUT2D eigenvalue weighted by atomic mass is 9.90. The molecule has 1 spiro atoms. The fraction of sp³-hybridized carbons (Fsp3) is 0.895. The maximum absolute atomic E-state index is 12.4. The van der Waals surface area contributed by atoms with Crippen LogP contribution in [-0.4, -0.2) is 80.1 Å². The summed E-state index contributed by atoms with van der Waals surface area (Å²) in [4.78, 5) is 29.4. The van der Waals surface area contributed by atoms with Crippen LogP contribution in [0.4, 0.5) is 0 Å². The van der Waals surface area contributed by atoms with Gasteiger partial charge in [-0.2, -0.15) is 0 Å². The van der Waals surface area contributed by atoms with Gasteiger partial charge in [0.2, 0.25) is 0 Å². The zero-order valence-corrected chi connectivity index (χ0v) is 16.5. The third-order valence-corrected chi connectivity index (χ3v) is 6.24. The SMILES string of the molecule is CO[C@]1(C)CCCN(C)C2(CCN(C)C2)COC(=O)C(C)C(=O)CC1. The molecule has 0 amide bonds. The molecule has 6 nitrogen and oxygen atoms in total. The van der Waals surface area contributed by atoms with Gasteiger partial charge in [-0.15, -0.1) is 0 Å². The van der Waals surface area contributed by atoms with Gasteiger partial charge in [-0.05, 0) is 66.7 Å². The van der Waals surface area contributed by atoms with Crippen LogP contribution in [0.1, 0.15) is 46.0 Å². The molecule has 2 saturated heterocycles. The van der Waals surface area contributed by atoms with E-state index in [0.717, 1.165) is 38.9 Å². The summed E-state index contributed by atoms with van der Waals surface area (Å²) in [6.07, 6.45) is 3.85. The number of ketones is 1. The summed E-state index contributed by atoms with van der Waals surface area (Å²) >= 11 is 0. The molecule has 0 aromatic carbocycles. The van der Waals surface area contributed by atoms with Crippen molar-refractivity contribution in [3.63, 3.8) is 0 Å². The standard InChI is InChI=1S/C19H34N2O4/c1-15-16(22)7-9-18(2,24-5)8-6-11-21(4)19(14-25-17(15)23)10-12-20(3)13-19/h15H,6-14H2,1-5H3/t15?,18-,19?/m1/s1. The molecule has 3 atom stereocenters. The third-order valence-electron chi connectivity index (χ3n) is 6.24. The van der Waals surface area contributed by atoms with Crippen molar-refractivity contribution in [2.75, 3.05) is 47.4 Å². The molecule has 2 aliphatic heterocycles. The normalized spacial score (nSPS) is 37.4. The minimum absolute atomic E-state index is 0.0570.